The van der Waals surface area contributed by atoms with Gasteiger partial charge in [-0.25, -0.2) is 0 Å². The fourth-order valence-electron chi connectivity index (χ4n) is 2.06. The van der Waals surface area contributed by atoms with Crippen LogP contribution in [0.4, 0.5) is 13.2 Å². The minimum Gasteiger partial charge on any atom is -0.166 e. The summed E-state index contributed by atoms with van der Waals surface area (Å²) in [6, 6.07) is 5.58. The molecule has 0 radical (unpaired) electrons. The van der Waals surface area contributed by atoms with Gasteiger partial charge in [0, 0.05) is 15.4 Å². The van der Waals surface area contributed by atoms with E-state index in [0.29, 0.717) is 16.9 Å². The molecule has 0 N–H and O–H groups in total. The van der Waals surface area contributed by atoms with Crippen LogP contribution < -0.4 is 0 Å². The van der Waals surface area contributed by atoms with Crippen molar-refractivity contribution in [3.05, 3.63) is 35.4 Å². The monoisotopic (exact) mass is 290 g/mol. The number of benzene rings is 1. The highest BCUT2D eigenvalue weighted by atomic mass is 32.2. The molecule has 1 aromatic rings. The smallest absolute Gasteiger partial charge is 0.166 e. The van der Waals surface area contributed by atoms with E-state index in [0.717, 1.165) is 22.9 Å². The van der Waals surface area contributed by atoms with Crippen LogP contribution in [0.25, 0.3) is 0 Å². The average molecular weight is 290 g/mol. The first-order chi connectivity index (χ1) is 8.36. The highest BCUT2D eigenvalue weighted by Crippen LogP contribution is 2.35. The molecule has 1 aliphatic heterocycles. The van der Waals surface area contributed by atoms with Crippen LogP contribution in [0, 0.1) is 0 Å². The lowest BCUT2D eigenvalue weighted by molar-refractivity contribution is -0.137. The summed E-state index contributed by atoms with van der Waals surface area (Å²) >= 11 is 6.98. The molecule has 2 unspecified atom stereocenters. The van der Waals surface area contributed by atoms with Gasteiger partial charge in [0.25, 0.3) is 0 Å². The molecule has 1 aliphatic rings. The van der Waals surface area contributed by atoms with Gasteiger partial charge in [-0.15, -0.1) is 11.8 Å². The Balaban J connectivity index is 2.09. The summed E-state index contributed by atoms with van der Waals surface area (Å²) in [4.78, 5) is 1.02. The van der Waals surface area contributed by atoms with E-state index >= 15 is 0 Å². The van der Waals surface area contributed by atoms with E-state index in [2.05, 4.69) is 6.92 Å². The van der Waals surface area contributed by atoms with E-state index < -0.39 is 11.7 Å². The van der Waals surface area contributed by atoms with Crippen LogP contribution in [0.2, 0.25) is 0 Å². The number of thiocarbonyl (C=S) groups is 1. The van der Waals surface area contributed by atoms with Crippen LogP contribution in [0.15, 0.2) is 24.3 Å². The van der Waals surface area contributed by atoms with Crippen LogP contribution in [-0.2, 0) is 12.6 Å². The highest BCUT2D eigenvalue weighted by Gasteiger charge is 2.31. The highest BCUT2D eigenvalue weighted by molar-refractivity contribution is 8.03. The molecule has 0 spiro atoms. The van der Waals surface area contributed by atoms with E-state index in [1.165, 1.54) is 12.1 Å². The maximum absolute atomic E-state index is 12.6. The molecule has 98 valence electrons. The third-order valence-corrected chi connectivity index (χ3v) is 5.08. The van der Waals surface area contributed by atoms with E-state index in [1.807, 2.05) is 0 Å². The van der Waals surface area contributed by atoms with Crippen molar-refractivity contribution < 1.29 is 13.2 Å². The maximum Gasteiger partial charge on any atom is 0.416 e. The topological polar surface area (TPSA) is 0 Å². The van der Waals surface area contributed by atoms with Crippen molar-refractivity contribution >= 4 is 28.8 Å². The van der Waals surface area contributed by atoms with Crippen LogP contribution >= 0.6 is 24.0 Å². The number of thioether (sulfide) groups is 1. The number of hydrogen-bond donors (Lipinski definition) is 0. The van der Waals surface area contributed by atoms with Crippen LogP contribution in [0.1, 0.15) is 24.5 Å². The molecule has 0 saturated carbocycles. The second-order valence-corrected chi connectivity index (χ2v) is 6.64. The third kappa shape index (κ3) is 3.26. The molecule has 1 heterocycles. The molecule has 1 fully saturated rings. The molecule has 2 atom stereocenters. The molecule has 1 saturated heterocycles. The first kappa shape index (κ1) is 13.9. The molecule has 0 bridgehead atoms. The minimum atomic E-state index is -4.26. The fourth-order valence-corrected chi connectivity index (χ4v) is 3.92. The van der Waals surface area contributed by atoms with Crippen molar-refractivity contribution in [3.63, 3.8) is 0 Å². The fraction of sp³-hybridized carbons (Fsp3) is 0.462. The molecule has 0 aromatic heterocycles. The minimum absolute atomic E-state index is 0.316. The Kier molecular flexibility index (Phi) is 4.02. The normalized spacial score (nSPS) is 24.6. The quantitative estimate of drug-likeness (QED) is 0.735. The van der Waals surface area contributed by atoms with Crippen molar-refractivity contribution in [2.45, 2.75) is 36.4 Å². The lowest BCUT2D eigenvalue weighted by Gasteiger charge is -2.11. The Morgan fingerprint density at radius 2 is 2.11 bits per heavy atom. The predicted octanol–water partition coefficient (Wildman–Crippen LogP) is 4.51. The molecule has 2 rings (SSSR count). The van der Waals surface area contributed by atoms with Gasteiger partial charge in [-0.2, -0.15) is 13.2 Å². The molecule has 0 amide bonds. The SMILES string of the molecule is CC1SC(Cc2cccc(C(F)(F)F)c2)CC1=S. The zero-order chi connectivity index (χ0) is 13.3. The van der Waals surface area contributed by atoms with Crippen molar-refractivity contribution in [1.82, 2.24) is 0 Å². The number of rotatable bonds is 2. The number of hydrogen-bond acceptors (Lipinski definition) is 2. The van der Waals surface area contributed by atoms with Crippen LogP contribution in [-0.4, -0.2) is 15.4 Å². The van der Waals surface area contributed by atoms with Gasteiger partial charge in [0.05, 0.1) is 5.56 Å². The van der Waals surface area contributed by atoms with Crippen LogP contribution in [0.3, 0.4) is 0 Å². The second kappa shape index (κ2) is 5.21. The summed E-state index contributed by atoms with van der Waals surface area (Å²) < 4.78 is 37.7. The Labute approximate surface area is 114 Å². The Morgan fingerprint density at radius 1 is 1.39 bits per heavy atom. The summed E-state index contributed by atoms with van der Waals surface area (Å²) in [5.41, 5.74) is 0.165. The Morgan fingerprint density at radius 3 is 2.67 bits per heavy atom. The maximum atomic E-state index is 12.6. The van der Waals surface area contributed by atoms with Gasteiger partial charge in [0.15, 0.2) is 0 Å². The molecule has 0 aliphatic carbocycles. The summed E-state index contributed by atoms with van der Waals surface area (Å²) in [6.07, 6.45) is -2.78. The molecular weight excluding hydrogens is 277 g/mol. The molecule has 1 aromatic carbocycles. The van der Waals surface area contributed by atoms with Gasteiger partial charge >= 0.3 is 6.18 Å². The lowest BCUT2D eigenvalue weighted by atomic mass is 10.0. The second-order valence-electron chi connectivity index (χ2n) is 4.47. The standard InChI is InChI=1S/C13H13F3S2/c1-8-12(17)7-11(18-8)6-9-3-2-4-10(5-9)13(14,15)16/h2-5,8,11H,6-7H2,1H3. The lowest BCUT2D eigenvalue weighted by Crippen LogP contribution is -2.08. The Bertz CT molecular complexity index is 454. The summed E-state index contributed by atoms with van der Waals surface area (Å²) in [6.45, 7) is 2.05. The van der Waals surface area contributed by atoms with E-state index in [4.69, 9.17) is 12.2 Å². The van der Waals surface area contributed by atoms with Gasteiger partial charge in [-0.3, -0.25) is 0 Å². The number of alkyl halides is 3. The predicted molar refractivity (Wildman–Crippen MR) is 73.2 cm³/mol. The molecule has 5 heteroatoms. The molecule has 0 nitrogen and oxygen atoms in total. The first-order valence-electron chi connectivity index (χ1n) is 5.70. The van der Waals surface area contributed by atoms with Crippen molar-refractivity contribution in [2.24, 2.45) is 0 Å². The van der Waals surface area contributed by atoms with Crippen molar-refractivity contribution in [2.75, 3.05) is 0 Å². The van der Waals surface area contributed by atoms with E-state index in [-0.39, 0.29) is 0 Å². The van der Waals surface area contributed by atoms with Gasteiger partial charge in [0.2, 0.25) is 0 Å². The zero-order valence-corrected chi connectivity index (χ0v) is 11.5. The van der Waals surface area contributed by atoms with Gasteiger partial charge < -0.3 is 0 Å². The van der Waals surface area contributed by atoms with E-state index in [1.54, 1.807) is 17.8 Å². The molecular formula is C13H13F3S2. The van der Waals surface area contributed by atoms with Gasteiger partial charge in [-0.1, -0.05) is 30.4 Å². The summed E-state index contributed by atoms with van der Waals surface area (Å²) in [5, 5.41) is 0.659. The van der Waals surface area contributed by atoms with Crippen molar-refractivity contribution in [1.29, 1.82) is 0 Å². The third-order valence-electron chi connectivity index (χ3n) is 3.00. The van der Waals surface area contributed by atoms with Crippen LogP contribution in [0.5, 0.6) is 0 Å². The molecule has 18 heavy (non-hydrogen) atoms. The van der Waals surface area contributed by atoms with Crippen molar-refractivity contribution in [3.8, 4) is 0 Å². The van der Waals surface area contributed by atoms with E-state index in [9.17, 15) is 13.2 Å². The first-order valence-corrected chi connectivity index (χ1v) is 7.05. The summed E-state index contributed by atoms with van der Waals surface area (Å²) in [5.74, 6) is 0. The van der Waals surface area contributed by atoms with Gasteiger partial charge in [0.1, 0.15) is 0 Å². The Hall–Kier alpha value is -0.550. The average Bonchev–Trinajstić information content (AvgIpc) is 2.57. The number of halogens is 3. The largest absolute Gasteiger partial charge is 0.416 e. The van der Waals surface area contributed by atoms with Gasteiger partial charge in [-0.05, 0) is 31.4 Å². The zero-order valence-electron chi connectivity index (χ0n) is 9.83. The summed E-state index contributed by atoms with van der Waals surface area (Å²) in [7, 11) is 0.